The molecule has 2 bridgehead atoms. The summed E-state index contributed by atoms with van der Waals surface area (Å²) in [5.74, 6) is -2.67. The number of carbonyl (C=O) groups is 2. The zero-order valence-corrected chi connectivity index (χ0v) is 24.3. The van der Waals surface area contributed by atoms with Crippen molar-refractivity contribution in [3.8, 4) is 0 Å². The Bertz CT molecular complexity index is 1140. The van der Waals surface area contributed by atoms with Gasteiger partial charge in [0.25, 0.3) is 0 Å². The third kappa shape index (κ3) is 5.29. The molecule has 4 heterocycles. The summed E-state index contributed by atoms with van der Waals surface area (Å²) in [6, 6.07) is 0. The fourth-order valence-corrected chi connectivity index (χ4v) is 7.02. The van der Waals surface area contributed by atoms with E-state index < -0.39 is 41.6 Å². The Hall–Kier alpha value is -2.10. The number of Topliss-reactive ketones (excluding diaryl/α,β-unsaturated/α-hetero) is 1. The van der Waals surface area contributed by atoms with Gasteiger partial charge in [-0.15, -0.1) is 0 Å². The Kier molecular flexibility index (Phi) is 8.30. The first-order chi connectivity index (χ1) is 19.0. The summed E-state index contributed by atoms with van der Waals surface area (Å²) in [7, 11) is 0. The highest BCUT2D eigenvalue weighted by Gasteiger charge is 2.60. The molecule has 0 radical (unpaired) electrons. The van der Waals surface area contributed by atoms with Crippen LogP contribution in [0.5, 0.6) is 0 Å². The lowest BCUT2D eigenvalue weighted by atomic mass is 9.71. The highest BCUT2D eigenvalue weighted by atomic mass is 16.7. The molecule has 0 aromatic rings. The van der Waals surface area contributed by atoms with Gasteiger partial charge < -0.3 is 29.2 Å². The highest BCUT2D eigenvalue weighted by molar-refractivity contribution is 6.03. The van der Waals surface area contributed by atoms with Gasteiger partial charge in [-0.2, -0.15) is 0 Å². The predicted molar refractivity (Wildman–Crippen MR) is 148 cm³/mol. The molecule has 5 aliphatic rings. The van der Waals surface area contributed by atoms with E-state index >= 15 is 0 Å². The number of ketones is 1. The standard InChI is InChI=1S/C32H44O8/c1-6-26-18(2)12-13-31(40-26)16-24-15-23(39-31)11-10-20(4)27(33)19(3)8-7-9-22-17-37-29-28(34)21(5)14-25(30(35)38-24)32(22,29)36/h7-10,14,18-19,23-27,29,33,36H,6,11-13,15-17H2,1-5H3/b8-7+,20-10+,22-9+. The molecule has 10 atom stereocenters. The van der Waals surface area contributed by atoms with Crippen LogP contribution in [-0.2, 0) is 28.5 Å². The van der Waals surface area contributed by atoms with Crippen LogP contribution in [0.4, 0.5) is 0 Å². The third-order valence-corrected chi connectivity index (χ3v) is 9.58. The number of hydrogen-bond acceptors (Lipinski definition) is 8. The Morgan fingerprint density at radius 2 is 1.90 bits per heavy atom. The number of hydrogen-bond donors (Lipinski definition) is 2. The van der Waals surface area contributed by atoms with Crippen molar-refractivity contribution in [2.75, 3.05) is 6.61 Å². The van der Waals surface area contributed by atoms with Gasteiger partial charge >= 0.3 is 5.97 Å². The van der Waals surface area contributed by atoms with Gasteiger partial charge in [0.15, 0.2) is 17.7 Å². The van der Waals surface area contributed by atoms with Crippen LogP contribution < -0.4 is 0 Å². The molecule has 40 heavy (non-hydrogen) atoms. The van der Waals surface area contributed by atoms with Crippen molar-refractivity contribution >= 4 is 11.8 Å². The summed E-state index contributed by atoms with van der Waals surface area (Å²) >= 11 is 0. The normalized spacial score (nSPS) is 47.8. The quantitative estimate of drug-likeness (QED) is 0.367. The van der Waals surface area contributed by atoms with E-state index in [9.17, 15) is 19.8 Å². The lowest BCUT2D eigenvalue weighted by molar-refractivity contribution is -0.335. The fraction of sp³-hybridized carbons (Fsp3) is 0.688. The highest BCUT2D eigenvalue weighted by Crippen LogP contribution is 2.46. The number of rotatable bonds is 1. The van der Waals surface area contributed by atoms with E-state index in [2.05, 4.69) is 13.8 Å². The molecule has 4 aliphatic heterocycles. The van der Waals surface area contributed by atoms with Gasteiger partial charge in [0.05, 0.1) is 24.9 Å². The molecule has 3 saturated heterocycles. The van der Waals surface area contributed by atoms with E-state index in [1.165, 1.54) is 6.08 Å². The number of fused-ring (bicyclic) bond motifs is 2. The van der Waals surface area contributed by atoms with Crippen molar-refractivity contribution < 1.29 is 38.7 Å². The molecule has 2 N–H and O–H groups in total. The van der Waals surface area contributed by atoms with Crippen LogP contribution in [-0.4, -0.2) is 70.5 Å². The largest absolute Gasteiger partial charge is 0.462 e. The number of carbonyl (C=O) groups excluding carboxylic acids is 2. The summed E-state index contributed by atoms with van der Waals surface area (Å²) in [5.41, 5.74) is -0.207. The van der Waals surface area contributed by atoms with E-state index in [0.717, 1.165) is 18.4 Å². The minimum absolute atomic E-state index is 0.0187. The van der Waals surface area contributed by atoms with E-state index in [0.29, 0.717) is 42.7 Å². The van der Waals surface area contributed by atoms with Crippen LogP contribution in [0.2, 0.25) is 0 Å². The van der Waals surface area contributed by atoms with Crippen molar-refractivity contribution in [2.24, 2.45) is 17.8 Å². The first-order valence-corrected chi connectivity index (χ1v) is 14.8. The van der Waals surface area contributed by atoms with Crippen molar-refractivity contribution in [2.45, 2.75) is 115 Å². The van der Waals surface area contributed by atoms with Crippen LogP contribution in [0, 0.1) is 17.8 Å². The lowest BCUT2D eigenvalue weighted by Crippen LogP contribution is -2.57. The third-order valence-electron chi connectivity index (χ3n) is 9.58. The van der Waals surface area contributed by atoms with Gasteiger partial charge in [-0.25, -0.2) is 0 Å². The Morgan fingerprint density at radius 1 is 1.12 bits per heavy atom. The Labute approximate surface area is 237 Å². The first-order valence-electron chi connectivity index (χ1n) is 14.8. The second kappa shape index (κ2) is 11.3. The number of aliphatic hydroxyl groups excluding tert-OH is 1. The second-order valence-corrected chi connectivity index (χ2v) is 12.5. The second-order valence-electron chi connectivity index (χ2n) is 12.5. The van der Waals surface area contributed by atoms with Crippen molar-refractivity contribution in [1.82, 2.24) is 0 Å². The maximum atomic E-state index is 13.8. The predicted octanol–water partition coefficient (Wildman–Crippen LogP) is 4.10. The van der Waals surface area contributed by atoms with Crippen molar-refractivity contribution in [3.05, 3.63) is 47.1 Å². The fourth-order valence-electron chi connectivity index (χ4n) is 7.02. The molecule has 1 spiro atoms. The van der Waals surface area contributed by atoms with Gasteiger partial charge in [0.1, 0.15) is 17.6 Å². The van der Waals surface area contributed by atoms with Crippen LogP contribution >= 0.6 is 0 Å². The van der Waals surface area contributed by atoms with Crippen molar-refractivity contribution in [3.63, 3.8) is 0 Å². The van der Waals surface area contributed by atoms with E-state index in [1.54, 1.807) is 19.1 Å². The molecule has 8 heteroatoms. The van der Waals surface area contributed by atoms with Crippen LogP contribution in [0.1, 0.15) is 73.1 Å². The number of aliphatic hydroxyl groups is 2. The molecule has 220 valence electrons. The molecular formula is C32H44O8. The van der Waals surface area contributed by atoms with Gasteiger partial charge in [0.2, 0.25) is 0 Å². The molecule has 5 rings (SSSR count). The number of ether oxygens (including phenoxy) is 4. The molecule has 1 aliphatic carbocycles. The SMILES string of the molecule is CCC1OC2(CCC1C)CC1CC(C/C=C(\C)C(O)C(C)/C=C/C=C3\COC4C(=O)C(C)=CC(C(=O)O1)C34O)O2. The van der Waals surface area contributed by atoms with Crippen molar-refractivity contribution in [1.29, 1.82) is 0 Å². The minimum Gasteiger partial charge on any atom is -0.462 e. The molecule has 0 saturated carbocycles. The lowest BCUT2D eigenvalue weighted by Gasteiger charge is -2.49. The zero-order chi connectivity index (χ0) is 28.8. The summed E-state index contributed by atoms with van der Waals surface area (Å²) in [6.07, 6.45) is 10.2. The summed E-state index contributed by atoms with van der Waals surface area (Å²) in [4.78, 5) is 26.8. The minimum atomic E-state index is -1.85. The molecule has 10 unspecified atom stereocenters. The maximum absolute atomic E-state index is 13.8. The molecule has 8 nitrogen and oxygen atoms in total. The molecule has 3 fully saturated rings. The first kappa shape index (κ1) is 29.4. The van der Waals surface area contributed by atoms with Gasteiger partial charge in [-0.1, -0.05) is 51.2 Å². The summed E-state index contributed by atoms with van der Waals surface area (Å²) in [5, 5.41) is 23.0. The molecule has 0 amide bonds. The van der Waals surface area contributed by atoms with Gasteiger partial charge in [-0.3, -0.25) is 9.59 Å². The smallest absolute Gasteiger partial charge is 0.316 e. The average molecular weight is 557 g/mol. The van der Waals surface area contributed by atoms with Crippen LogP contribution in [0.3, 0.4) is 0 Å². The van der Waals surface area contributed by atoms with E-state index in [1.807, 2.05) is 26.0 Å². The van der Waals surface area contributed by atoms with Crippen LogP contribution in [0.15, 0.2) is 47.1 Å². The maximum Gasteiger partial charge on any atom is 0.316 e. The number of esters is 1. The van der Waals surface area contributed by atoms with Gasteiger partial charge in [0, 0.05) is 25.2 Å². The number of allylic oxidation sites excluding steroid dienone is 2. The summed E-state index contributed by atoms with van der Waals surface area (Å²) < 4.78 is 25.2. The molecule has 0 aromatic heterocycles. The Morgan fingerprint density at radius 3 is 2.65 bits per heavy atom. The summed E-state index contributed by atoms with van der Waals surface area (Å²) in [6.45, 7) is 9.78. The van der Waals surface area contributed by atoms with E-state index in [-0.39, 0.29) is 30.5 Å². The molecule has 0 aromatic carbocycles. The van der Waals surface area contributed by atoms with Crippen LogP contribution in [0.25, 0.3) is 0 Å². The molecular weight excluding hydrogens is 512 g/mol. The average Bonchev–Trinajstić information content (AvgIpc) is 3.26. The van der Waals surface area contributed by atoms with E-state index in [4.69, 9.17) is 18.9 Å². The van der Waals surface area contributed by atoms with Gasteiger partial charge in [-0.05, 0) is 55.7 Å². The topological polar surface area (TPSA) is 112 Å². The Balaban J connectivity index is 1.54. The zero-order valence-electron chi connectivity index (χ0n) is 24.3. The monoisotopic (exact) mass is 556 g/mol.